The molecule has 4 nitrogen and oxygen atoms in total. The summed E-state index contributed by atoms with van der Waals surface area (Å²) in [6.07, 6.45) is 2.60. The highest BCUT2D eigenvalue weighted by atomic mass is 79.9. The molecule has 152 valence electrons. The molecule has 1 fully saturated rings. The van der Waals surface area contributed by atoms with Crippen LogP contribution >= 0.6 is 15.9 Å². The van der Waals surface area contributed by atoms with Crippen molar-refractivity contribution in [3.05, 3.63) is 57.6 Å². The van der Waals surface area contributed by atoms with Gasteiger partial charge in [0.05, 0.1) is 11.6 Å². The number of nitrogens with zero attached hydrogens (tertiary/aromatic N) is 1. The van der Waals surface area contributed by atoms with Crippen LogP contribution in [0.4, 0.5) is 0 Å². The standard InChI is InChI=1S/C23H31BrN2O2/c1-4-26-11-7-10-20(26)15-25-14-18-12-21(24)23(22(13-18)27-3)28-16-19-9-6-5-8-17(19)2/h5-6,8-9,12-13,20,25H,4,7,10-11,14-16H2,1-3H3/t20-/m1/s1. The molecule has 0 bridgehead atoms. The molecule has 5 heteroatoms. The largest absolute Gasteiger partial charge is 0.493 e. The van der Waals surface area contributed by atoms with Gasteiger partial charge in [0, 0.05) is 19.1 Å². The minimum atomic E-state index is 0.522. The molecule has 2 aromatic rings. The number of likely N-dealkylation sites (tertiary alicyclic amines) is 1. The van der Waals surface area contributed by atoms with Crippen molar-refractivity contribution in [2.45, 2.75) is 45.9 Å². The molecule has 1 atom stereocenters. The number of methoxy groups -OCH3 is 1. The fourth-order valence-corrected chi connectivity index (χ4v) is 4.47. The van der Waals surface area contributed by atoms with Gasteiger partial charge >= 0.3 is 0 Å². The Bertz CT molecular complexity index is 781. The summed E-state index contributed by atoms with van der Waals surface area (Å²) < 4.78 is 12.6. The van der Waals surface area contributed by atoms with Crippen molar-refractivity contribution in [1.82, 2.24) is 10.2 Å². The van der Waals surface area contributed by atoms with E-state index in [0.717, 1.165) is 35.6 Å². The number of halogens is 1. The summed E-state index contributed by atoms with van der Waals surface area (Å²) in [6, 6.07) is 13.1. The first-order valence-corrected chi connectivity index (χ1v) is 10.9. The number of likely N-dealkylation sites (N-methyl/N-ethyl adjacent to an activating group) is 1. The van der Waals surface area contributed by atoms with Gasteiger partial charge in [-0.15, -0.1) is 0 Å². The molecular weight excluding hydrogens is 416 g/mol. The number of rotatable bonds is 9. The second-order valence-corrected chi connectivity index (χ2v) is 8.23. The average molecular weight is 447 g/mol. The van der Waals surface area contributed by atoms with Crippen molar-refractivity contribution in [3.8, 4) is 11.5 Å². The van der Waals surface area contributed by atoms with Crippen LogP contribution in [0, 0.1) is 6.92 Å². The van der Waals surface area contributed by atoms with E-state index < -0.39 is 0 Å². The van der Waals surface area contributed by atoms with Crippen molar-refractivity contribution in [3.63, 3.8) is 0 Å². The first-order chi connectivity index (χ1) is 13.6. The van der Waals surface area contributed by atoms with Crippen LogP contribution in [-0.4, -0.2) is 37.7 Å². The highest BCUT2D eigenvalue weighted by Gasteiger charge is 2.22. The molecule has 1 heterocycles. The van der Waals surface area contributed by atoms with E-state index in [9.17, 15) is 0 Å². The molecule has 1 aliphatic heterocycles. The highest BCUT2D eigenvalue weighted by Crippen LogP contribution is 2.37. The summed E-state index contributed by atoms with van der Waals surface area (Å²) >= 11 is 3.67. The summed E-state index contributed by atoms with van der Waals surface area (Å²) in [6.45, 7) is 9.08. The molecule has 1 aliphatic rings. The highest BCUT2D eigenvalue weighted by molar-refractivity contribution is 9.10. The Morgan fingerprint density at radius 3 is 2.82 bits per heavy atom. The maximum atomic E-state index is 6.10. The van der Waals surface area contributed by atoms with Crippen molar-refractivity contribution in [2.75, 3.05) is 26.7 Å². The van der Waals surface area contributed by atoms with Gasteiger partial charge < -0.3 is 14.8 Å². The van der Waals surface area contributed by atoms with Crippen molar-refractivity contribution in [2.24, 2.45) is 0 Å². The second kappa shape index (κ2) is 10.3. The lowest BCUT2D eigenvalue weighted by Gasteiger charge is -2.23. The van der Waals surface area contributed by atoms with E-state index in [1.807, 2.05) is 12.1 Å². The minimum absolute atomic E-state index is 0.522. The Hall–Kier alpha value is -1.56. The summed E-state index contributed by atoms with van der Waals surface area (Å²) in [5, 5.41) is 3.61. The summed E-state index contributed by atoms with van der Waals surface area (Å²) in [4.78, 5) is 2.56. The molecule has 3 rings (SSSR count). The van der Waals surface area contributed by atoms with Gasteiger partial charge in [-0.3, -0.25) is 4.90 Å². The average Bonchev–Trinajstić information content (AvgIpc) is 3.15. The van der Waals surface area contributed by atoms with Crippen molar-refractivity contribution >= 4 is 15.9 Å². The molecule has 28 heavy (non-hydrogen) atoms. The molecule has 0 unspecified atom stereocenters. The topological polar surface area (TPSA) is 33.7 Å². The van der Waals surface area contributed by atoms with Gasteiger partial charge in [-0.05, 0) is 77.6 Å². The lowest BCUT2D eigenvalue weighted by molar-refractivity contribution is 0.259. The Morgan fingerprint density at radius 1 is 1.25 bits per heavy atom. The number of nitrogens with one attached hydrogen (secondary N) is 1. The number of hydrogen-bond acceptors (Lipinski definition) is 4. The number of hydrogen-bond donors (Lipinski definition) is 1. The molecule has 0 spiro atoms. The number of aryl methyl sites for hydroxylation is 1. The Labute approximate surface area is 177 Å². The zero-order chi connectivity index (χ0) is 19.9. The zero-order valence-corrected chi connectivity index (χ0v) is 18.7. The molecule has 0 aliphatic carbocycles. The minimum Gasteiger partial charge on any atom is -0.493 e. The predicted octanol–water partition coefficient (Wildman–Crippen LogP) is 4.92. The van der Waals surface area contributed by atoms with Crippen LogP contribution in [0.1, 0.15) is 36.5 Å². The summed E-state index contributed by atoms with van der Waals surface area (Å²) in [5.41, 5.74) is 3.60. The van der Waals surface area contributed by atoms with Gasteiger partial charge in [0.1, 0.15) is 6.61 Å². The molecular formula is C23H31BrN2O2. The fourth-order valence-electron chi connectivity index (χ4n) is 3.86. The molecule has 0 radical (unpaired) electrons. The molecule has 0 amide bonds. The van der Waals surface area contributed by atoms with E-state index >= 15 is 0 Å². The quantitative estimate of drug-likeness (QED) is 0.592. The van der Waals surface area contributed by atoms with Crippen molar-refractivity contribution < 1.29 is 9.47 Å². The first kappa shape index (κ1) is 21.2. The Balaban J connectivity index is 1.61. The number of ether oxygens (including phenoxy) is 2. The lowest BCUT2D eigenvalue weighted by atomic mass is 10.1. The van der Waals surface area contributed by atoms with E-state index in [1.165, 1.54) is 36.1 Å². The molecule has 1 saturated heterocycles. The SMILES string of the molecule is CCN1CCC[C@@H]1CNCc1cc(Br)c(OCc2ccccc2C)c(OC)c1. The molecule has 1 N–H and O–H groups in total. The van der Waals surface area contributed by atoms with Crippen LogP contribution in [0.25, 0.3) is 0 Å². The van der Waals surface area contributed by atoms with Gasteiger partial charge in [-0.1, -0.05) is 31.2 Å². The Morgan fingerprint density at radius 2 is 2.07 bits per heavy atom. The van der Waals surface area contributed by atoms with Gasteiger partial charge in [0.25, 0.3) is 0 Å². The fraction of sp³-hybridized carbons (Fsp3) is 0.478. The van der Waals surface area contributed by atoms with Crippen LogP contribution in [-0.2, 0) is 13.2 Å². The maximum absolute atomic E-state index is 6.10. The van der Waals surface area contributed by atoms with E-state index in [1.54, 1.807) is 7.11 Å². The summed E-state index contributed by atoms with van der Waals surface area (Å²) in [7, 11) is 1.69. The monoisotopic (exact) mass is 446 g/mol. The summed E-state index contributed by atoms with van der Waals surface area (Å²) in [5.74, 6) is 1.51. The molecule has 0 saturated carbocycles. The van der Waals surface area contributed by atoms with E-state index in [0.29, 0.717) is 12.6 Å². The molecule has 2 aromatic carbocycles. The second-order valence-electron chi connectivity index (χ2n) is 7.38. The van der Waals surface area contributed by atoms with Gasteiger partial charge in [-0.25, -0.2) is 0 Å². The Kier molecular flexibility index (Phi) is 7.77. The van der Waals surface area contributed by atoms with Crippen molar-refractivity contribution in [1.29, 1.82) is 0 Å². The maximum Gasteiger partial charge on any atom is 0.175 e. The van der Waals surface area contributed by atoms with E-state index in [4.69, 9.17) is 9.47 Å². The van der Waals surface area contributed by atoms with Gasteiger partial charge in [0.2, 0.25) is 0 Å². The van der Waals surface area contributed by atoms with Gasteiger partial charge in [-0.2, -0.15) is 0 Å². The predicted molar refractivity (Wildman–Crippen MR) is 118 cm³/mol. The van der Waals surface area contributed by atoms with Crippen LogP contribution in [0.3, 0.4) is 0 Å². The van der Waals surface area contributed by atoms with Crippen LogP contribution in [0.15, 0.2) is 40.9 Å². The zero-order valence-electron chi connectivity index (χ0n) is 17.1. The number of benzene rings is 2. The van der Waals surface area contributed by atoms with E-state index in [-0.39, 0.29) is 0 Å². The van der Waals surface area contributed by atoms with Crippen LogP contribution < -0.4 is 14.8 Å². The third-order valence-corrected chi connectivity index (χ3v) is 6.13. The van der Waals surface area contributed by atoms with E-state index in [2.05, 4.69) is 64.3 Å². The van der Waals surface area contributed by atoms with Crippen LogP contribution in [0.2, 0.25) is 0 Å². The van der Waals surface area contributed by atoms with Crippen LogP contribution in [0.5, 0.6) is 11.5 Å². The normalized spacial score (nSPS) is 17.1. The third kappa shape index (κ3) is 5.28. The van der Waals surface area contributed by atoms with Gasteiger partial charge in [0.15, 0.2) is 11.5 Å². The third-order valence-electron chi connectivity index (χ3n) is 5.54. The first-order valence-electron chi connectivity index (χ1n) is 10.1. The molecule has 0 aromatic heterocycles. The smallest absolute Gasteiger partial charge is 0.175 e. The lowest BCUT2D eigenvalue weighted by Crippen LogP contribution is -2.37.